The van der Waals surface area contributed by atoms with Gasteiger partial charge < -0.3 is 10.1 Å². The Kier molecular flexibility index (Phi) is 8.95. The van der Waals surface area contributed by atoms with Crippen molar-refractivity contribution in [2.75, 3.05) is 13.7 Å². The monoisotopic (exact) mass is 476 g/mol. The van der Waals surface area contributed by atoms with Gasteiger partial charge in [0.05, 0.1) is 29.3 Å². The van der Waals surface area contributed by atoms with E-state index in [1.807, 2.05) is 24.3 Å². The maximum Gasteiger partial charge on any atom is 0.284 e. The summed E-state index contributed by atoms with van der Waals surface area (Å²) in [5.41, 5.74) is 3.71. The number of hydrazone groups is 1. The second kappa shape index (κ2) is 11.7. The number of amides is 2. The number of nitro benzene ring substituents is 1. The van der Waals surface area contributed by atoms with Crippen molar-refractivity contribution in [3.63, 3.8) is 0 Å². The number of nitrogens with one attached hydrogen (secondary N) is 2. The van der Waals surface area contributed by atoms with Gasteiger partial charge in [0.1, 0.15) is 5.75 Å². The van der Waals surface area contributed by atoms with E-state index in [1.54, 1.807) is 13.2 Å². The number of carbonyl (C=O) groups excluding carboxylic acids is 2. The summed E-state index contributed by atoms with van der Waals surface area (Å²) in [5, 5.41) is 17.2. The summed E-state index contributed by atoms with van der Waals surface area (Å²) in [5.74, 6) is 0.0519. The molecule has 0 bridgehead atoms. The fourth-order valence-corrected chi connectivity index (χ4v) is 2.87. The summed E-state index contributed by atoms with van der Waals surface area (Å²) in [7, 11) is 1.60. The molecule has 2 rings (SSSR count). The van der Waals surface area contributed by atoms with Crippen LogP contribution in [0.5, 0.6) is 5.75 Å². The van der Waals surface area contributed by atoms with Gasteiger partial charge in [-0.1, -0.05) is 18.2 Å². The standard InChI is InChI=1S/C20H21BrN4O5/c1-30-16-8-5-14(6-9-16)3-2-4-19(26)22-13-20(27)24-23-12-15-7-10-17(21)18(11-15)25(28)29/h5-12H,2-4,13H2,1H3,(H,22,26)(H,24,27). The highest BCUT2D eigenvalue weighted by atomic mass is 79.9. The van der Waals surface area contributed by atoms with E-state index in [2.05, 4.69) is 31.8 Å². The van der Waals surface area contributed by atoms with E-state index in [4.69, 9.17) is 4.74 Å². The van der Waals surface area contributed by atoms with E-state index >= 15 is 0 Å². The topological polar surface area (TPSA) is 123 Å². The maximum atomic E-state index is 11.8. The molecule has 0 aromatic heterocycles. The number of benzene rings is 2. The highest BCUT2D eigenvalue weighted by molar-refractivity contribution is 9.10. The Balaban J connectivity index is 1.68. The van der Waals surface area contributed by atoms with Gasteiger partial charge >= 0.3 is 0 Å². The molecule has 0 spiro atoms. The number of rotatable bonds is 10. The Morgan fingerprint density at radius 2 is 1.93 bits per heavy atom. The van der Waals surface area contributed by atoms with Crippen molar-refractivity contribution < 1.29 is 19.2 Å². The first-order valence-electron chi connectivity index (χ1n) is 9.04. The van der Waals surface area contributed by atoms with Gasteiger partial charge in [-0.2, -0.15) is 5.10 Å². The molecule has 0 saturated carbocycles. The van der Waals surface area contributed by atoms with Gasteiger partial charge in [0.15, 0.2) is 0 Å². The predicted molar refractivity (Wildman–Crippen MR) is 115 cm³/mol. The van der Waals surface area contributed by atoms with Crippen LogP contribution in [0, 0.1) is 10.1 Å². The van der Waals surface area contributed by atoms with Gasteiger partial charge in [-0.15, -0.1) is 0 Å². The number of ether oxygens (including phenoxy) is 1. The van der Waals surface area contributed by atoms with Gasteiger partial charge in [-0.3, -0.25) is 19.7 Å². The number of nitrogens with zero attached hydrogens (tertiary/aromatic N) is 2. The molecule has 0 atom stereocenters. The number of nitro groups is 1. The molecule has 30 heavy (non-hydrogen) atoms. The SMILES string of the molecule is COc1ccc(CCCC(=O)NCC(=O)NN=Cc2ccc(Br)c([N+](=O)[O-])c2)cc1. The molecule has 2 aromatic carbocycles. The van der Waals surface area contributed by atoms with Crippen LogP contribution in [0.15, 0.2) is 52.0 Å². The van der Waals surface area contributed by atoms with Gasteiger partial charge in [-0.25, -0.2) is 5.43 Å². The van der Waals surface area contributed by atoms with Crippen molar-refractivity contribution in [3.8, 4) is 5.75 Å². The quantitative estimate of drug-likeness (QED) is 0.310. The number of halogens is 1. The third-order valence-electron chi connectivity index (χ3n) is 4.04. The van der Waals surface area contributed by atoms with Crippen LogP contribution in [-0.2, 0) is 16.0 Å². The third-order valence-corrected chi connectivity index (χ3v) is 4.71. The van der Waals surface area contributed by atoms with E-state index in [9.17, 15) is 19.7 Å². The van der Waals surface area contributed by atoms with Crippen LogP contribution in [-0.4, -0.2) is 36.6 Å². The Hall–Kier alpha value is -3.27. The van der Waals surface area contributed by atoms with Crippen molar-refractivity contribution in [2.24, 2.45) is 5.10 Å². The molecule has 0 fully saturated rings. The van der Waals surface area contributed by atoms with Crippen molar-refractivity contribution in [1.29, 1.82) is 0 Å². The average Bonchev–Trinajstić information content (AvgIpc) is 2.73. The Bertz CT molecular complexity index is 931. The van der Waals surface area contributed by atoms with Gasteiger partial charge in [0.25, 0.3) is 11.6 Å². The summed E-state index contributed by atoms with van der Waals surface area (Å²) >= 11 is 3.09. The van der Waals surface area contributed by atoms with Crippen LogP contribution in [0.2, 0.25) is 0 Å². The van der Waals surface area contributed by atoms with E-state index in [1.165, 1.54) is 18.3 Å². The predicted octanol–water partition coefficient (Wildman–Crippen LogP) is 2.96. The Morgan fingerprint density at radius 1 is 1.20 bits per heavy atom. The van der Waals surface area contributed by atoms with Crippen LogP contribution in [0.25, 0.3) is 0 Å². The molecule has 2 N–H and O–H groups in total. The summed E-state index contributed by atoms with van der Waals surface area (Å²) in [6.07, 6.45) is 2.98. The molecule has 0 aliphatic carbocycles. The van der Waals surface area contributed by atoms with Crippen molar-refractivity contribution in [3.05, 3.63) is 68.2 Å². The minimum absolute atomic E-state index is 0.104. The molecule has 0 aliphatic heterocycles. The summed E-state index contributed by atoms with van der Waals surface area (Å²) < 4.78 is 5.45. The summed E-state index contributed by atoms with van der Waals surface area (Å²) in [6, 6.07) is 12.1. The highest BCUT2D eigenvalue weighted by Gasteiger charge is 2.11. The molecule has 2 amide bonds. The van der Waals surface area contributed by atoms with E-state index in [0.717, 1.165) is 17.7 Å². The Morgan fingerprint density at radius 3 is 2.60 bits per heavy atom. The summed E-state index contributed by atoms with van der Waals surface area (Å²) in [6.45, 7) is -0.209. The minimum Gasteiger partial charge on any atom is -0.497 e. The number of hydrogen-bond donors (Lipinski definition) is 2. The average molecular weight is 477 g/mol. The fourth-order valence-electron chi connectivity index (χ4n) is 2.48. The number of carbonyl (C=O) groups is 2. The molecule has 0 aliphatic rings. The molecule has 0 unspecified atom stereocenters. The number of aryl methyl sites for hydroxylation is 1. The lowest BCUT2D eigenvalue weighted by molar-refractivity contribution is -0.385. The van der Waals surface area contributed by atoms with E-state index in [0.29, 0.717) is 22.9 Å². The molecular formula is C20H21BrN4O5. The molecule has 10 heteroatoms. The largest absolute Gasteiger partial charge is 0.497 e. The van der Waals surface area contributed by atoms with E-state index < -0.39 is 10.8 Å². The lowest BCUT2D eigenvalue weighted by Crippen LogP contribution is -2.34. The van der Waals surface area contributed by atoms with Crippen LogP contribution >= 0.6 is 15.9 Å². The second-order valence-electron chi connectivity index (χ2n) is 6.24. The first-order valence-corrected chi connectivity index (χ1v) is 9.84. The fraction of sp³-hybridized carbons (Fsp3) is 0.250. The highest BCUT2D eigenvalue weighted by Crippen LogP contribution is 2.24. The zero-order valence-corrected chi connectivity index (χ0v) is 17.8. The van der Waals surface area contributed by atoms with Gasteiger partial charge in [-0.05, 0) is 52.5 Å². The third kappa shape index (κ3) is 7.63. The number of hydrogen-bond acceptors (Lipinski definition) is 6. The zero-order valence-electron chi connectivity index (χ0n) is 16.3. The maximum absolute atomic E-state index is 11.8. The molecule has 2 aromatic rings. The van der Waals surface area contributed by atoms with Crippen molar-refractivity contribution >= 4 is 39.6 Å². The van der Waals surface area contributed by atoms with Crippen LogP contribution in [0.1, 0.15) is 24.0 Å². The van der Waals surface area contributed by atoms with Crippen LogP contribution < -0.4 is 15.5 Å². The van der Waals surface area contributed by atoms with Crippen LogP contribution in [0.4, 0.5) is 5.69 Å². The van der Waals surface area contributed by atoms with Crippen molar-refractivity contribution in [2.45, 2.75) is 19.3 Å². The number of methoxy groups -OCH3 is 1. The van der Waals surface area contributed by atoms with Gasteiger partial charge in [0.2, 0.25) is 5.91 Å². The molecule has 158 valence electrons. The van der Waals surface area contributed by atoms with E-state index in [-0.39, 0.29) is 18.1 Å². The lowest BCUT2D eigenvalue weighted by atomic mass is 10.1. The summed E-state index contributed by atoms with van der Waals surface area (Å²) in [4.78, 5) is 34.0. The second-order valence-corrected chi connectivity index (χ2v) is 7.09. The molecule has 0 saturated heterocycles. The molecule has 9 nitrogen and oxygen atoms in total. The van der Waals surface area contributed by atoms with Crippen LogP contribution in [0.3, 0.4) is 0 Å². The normalized spacial score (nSPS) is 10.6. The molecular weight excluding hydrogens is 456 g/mol. The minimum atomic E-state index is -0.524. The molecule has 0 heterocycles. The first-order chi connectivity index (χ1) is 14.4. The Labute approximate surface area is 181 Å². The smallest absolute Gasteiger partial charge is 0.284 e. The zero-order chi connectivity index (χ0) is 21.9. The van der Waals surface area contributed by atoms with Crippen molar-refractivity contribution in [1.82, 2.24) is 10.7 Å². The molecule has 0 radical (unpaired) electrons. The van der Waals surface area contributed by atoms with Gasteiger partial charge in [0, 0.05) is 18.1 Å². The lowest BCUT2D eigenvalue weighted by Gasteiger charge is -2.05. The first kappa shape index (κ1) is 23.0.